The average molecular weight is 189 g/mol. The Hall–Kier alpha value is 0.354. The second kappa shape index (κ2) is 3.84. The van der Waals surface area contributed by atoms with Gasteiger partial charge in [0.2, 0.25) is 0 Å². The number of hydrogen-bond donors (Lipinski definition) is 1. The molecule has 0 unspecified atom stereocenters. The molecule has 0 aliphatic carbocycles. The molecule has 0 saturated heterocycles. The SMILES string of the molecule is CC(C)N([Si](C)C)[Si](C)(C)N. The highest BCUT2D eigenvalue weighted by Gasteiger charge is 2.29. The Balaban J connectivity index is 4.35. The van der Waals surface area contributed by atoms with E-state index in [0.29, 0.717) is 6.04 Å². The Morgan fingerprint density at radius 3 is 1.64 bits per heavy atom. The number of nitrogens with zero attached hydrogens (tertiary/aromatic N) is 1. The highest BCUT2D eigenvalue weighted by molar-refractivity contribution is 6.81. The first-order chi connectivity index (χ1) is 4.76. The molecule has 11 heavy (non-hydrogen) atoms. The van der Waals surface area contributed by atoms with Gasteiger partial charge in [0.25, 0.3) is 0 Å². The largest absolute Gasteiger partial charge is 0.339 e. The number of rotatable bonds is 3. The zero-order valence-electron chi connectivity index (χ0n) is 8.60. The van der Waals surface area contributed by atoms with Gasteiger partial charge in [0.15, 0.2) is 8.40 Å². The molecule has 4 heteroatoms. The van der Waals surface area contributed by atoms with Crippen LogP contribution in [0, 0.1) is 0 Å². The molecule has 0 aromatic rings. The summed E-state index contributed by atoms with van der Waals surface area (Å²) >= 11 is 0. The van der Waals surface area contributed by atoms with Gasteiger partial charge in [-0.1, -0.05) is 26.9 Å². The van der Waals surface area contributed by atoms with Crippen LogP contribution in [-0.2, 0) is 0 Å². The summed E-state index contributed by atoms with van der Waals surface area (Å²) in [7, 11) is -1.89. The van der Waals surface area contributed by atoms with Crippen molar-refractivity contribution in [2.24, 2.45) is 5.40 Å². The second-order valence-corrected chi connectivity index (χ2v) is 10.7. The fraction of sp³-hybridized carbons (Fsp3) is 1.00. The predicted octanol–water partition coefficient (Wildman–Crippen LogP) is 1.61. The Morgan fingerprint density at radius 2 is 1.64 bits per heavy atom. The molecular formula is C7H21N2Si2. The summed E-state index contributed by atoms with van der Waals surface area (Å²) in [5, 5.41) is 6.17. The fourth-order valence-electron chi connectivity index (χ4n) is 1.76. The Bertz CT molecular complexity index is 110. The van der Waals surface area contributed by atoms with Crippen LogP contribution < -0.4 is 5.40 Å². The van der Waals surface area contributed by atoms with Crippen molar-refractivity contribution in [3.05, 3.63) is 0 Å². The van der Waals surface area contributed by atoms with Crippen molar-refractivity contribution in [1.29, 1.82) is 0 Å². The van der Waals surface area contributed by atoms with Crippen LogP contribution in [0.1, 0.15) is 13.8 Å². The van der Waals surface area contributed by atoms with Crippen LogP contribution >= 0.6 is 0 Å². The van der Waals surface area contributed by atoms with Gasteiger partial charge in [0.05, 0.1) is 0 Å². The van der Waals surface area contributed by atoms with Crippen LogP contribution in [0.5, 0.6) is 0 Å². The third kappa shape index (κ3) is 3.51. The van der Waals surface area contributed by atoms with E-state index >= 15 is 0 Å². The molecule has 0 rings (SSSR count). The van der Waals surface area contributed by atoms with E-state index in [0.717, 1.165) is 0 Å². The van der Waals surface area contributed by atoms with Gasteiger partial charge in [-0.05, 0) is 19.1 Å². The molecule has 0 atom stereocenters. The van der Waals surface area contributed by atoms with Gasteiger partial charge in [0.1, 0.15) is 8.96 Å². The molecule has 0 aromatic heterocycles. The van der Waals surface area contributed by atoms with Crippen LogP contribution in [0.15, 0.2) is 0 Å². The lowest BCUT2D eigenvalue weighted by Crippen LogP contribution is -2.63. The molecule has 0 bridgehead atoms. The van der Waals surface area contributed by atoms with Crippen molar-refractivity contribution in [2.75, 3.05) is 0 Å². The van der Waals surface area contributed by atoms with Crippen LogP contribution in [0.25, 0.3) is 0 Å². The van der Waals surface area contributed by atoms with E-state index in [1.54, 1.807) is 0 Å². The Kier molecular flexibility index (Phi) is 3.97. The third-order valence-electron chi connectivity index (χ3n) is 1.62. The van der Waals surface area contributed by atoms with Gasteiger partial charge in [-0.3, -0.25) is 0 Å². The minimum absolute atomic E-state index is 0.360. The van der Waals surface area contributed by atoms with Crippen molar-refractivity contribution < 1.29 is 0 Å². The number of hydrogen-bond acceptors (Lipinski definition) is 2. The summed E-state index contributed by atoms with van der Waals surface area (Å²) in [6, 6.07) is 0.616. The minimum atomic E-state index is -1.53. The van der Waals surface area contributed by atoms with E-state index in [2.05, 4.69) is 44.3 Å². The normalized spacial score (nSPS) is 13.6. The van der Waals surface area contributed by atoms with Gasteiger partial charge in [-0.15, -0.1) is 0 Å². The number of nitrogens with two attached hydrogens (primary N) is 1. The van der Waals surface area contributed by atoms with Crippen LogP contribution in [0.3, 0.4) is 0 Å². The Labute approximate surface area is 73.6 Å². The van der Waals surface area contributed by atoms with Crippen molar-refractivity contribution in [2.45, 2.75) is 46.1 Å². The molecule has 0 aliphatic rings. The van der Waals surface area contributed by atoms with Crippen molar-refractivity contribution in [1.82, 2.24) is 4.23 Å². The molecule has 0 saturated carbocycles. The van der Waals surface area contributed by atoms with Gasteiger partial charge in [0, 0.05) is 0 Å². The van der Waals surface area contributed by atoms with E-state index in [4.69, 9.17) is 5.40 Å². The van der Waals surface area contributed by atoms with Crippen LogP contribution in [0.4, 0.5) is 0 Å². The van der Waals surface area contributed by atoms with E-state index < -0.39 is 8.40 Å². The summed E-state index contributed by atoms with van der Waals surface area (Å²) in [5.41, 5.74) is 0. The van der Waals surface area contributed by atoms with Gasteiger partial charge >= 0.3 is 0 Å². The summed E-state index contributed by atoms with van der Waals surface area (Å²) in [6.45, 7) is 13.5. The maximum Gasteiger partial charge on any atom is 0.188 e. The monoisotopic (exact) mass is 189 g/mol. The van der Waals surface area contributed by atoms with E-state index in [1.165, 1.54) is 0 Å². The van der Waals surface area contributed by atoms with Crippen LogP contribution in [-0.4, -0.2) is 27.6 Å². The smallest absolute Gasteiger partial charge is 0.188 e. The van der Waals surface area contributed by atoms with E-state index in [-0.39, 0.29) is 8.96 Å². The molecule has 2 nitrogen and oxygen atoms in total. The van der Waals surface area contributed by atoms with Gasteiger partial charge < -0.3 is 9.63 Å². The highest BCUT2D eigenvalue weighted by atomic mass is 28.4. The summed E-state index contributed by atoms with van der Waals surface area (Å²) in [6.07, 6.45) is 0. The molecule has 1 radical (unpaired) electrons. The van der Waals surface area contributed by atoms with Crippen molar-refractivity contribution in [3.63, 3.8) is 0 Å². The van der Waals surface area contributed by atoms with Crippen LogP contribution in [0.2, 0.25) is 26.2 Å². The zero-order chi connectivity index (χ0) is 9.23. The molecule has 0 spiro atoms. The minimum Gasteiger partial charge on any atom is -0.339 e. The van der Waals surface area contributed by atoms with Crippen molar-refractivity contribution in [3.8, 4) is 0 Å². The van der Waals surface area contributed by atoms with E-state index in [1.807, 2.05) is 0 Å². The molecule has 0 aliphatic heterocycles. The Morgan fingerprint density at radius 1 is 1.27 bits per heavy atom. The lowest BCUT2D eigenvalue weighted by Gasteiger charge is -2.39. The highest BCUT2D eigenvalue weighted by Crippen LogP contribution is 2.10. The average Bonchev–Trinajstić information content (AvgIpc) is 1.54. The first-order valence-corrected chi connectivity index (χ1v) is 9.62. The maximum atomic E-state index is 6.17. The van der Waals surface area contributed by atoms with Gasteiger partial charge in [-0.2, -0.15) is 0 Å². The first-order valence-electron chi connectivity index (χ1n) is 4.15. The maximum absolute atomic E-state index is 6.17. The third-order valence-corrected chi connectivity index (χ3v) is 7.93. The summed E-state index contributed by atoms with van der Waals surface area (Å²) in [5.74, 6) is 0. The summed E-state index contributed by atoms with van der Waals surface area (Å²) < 4.78 is 2.54. The molecule has 0 aromatic carbocycles. The lowest BCUT2D eigenvalue weighted by atomic mass is 10.4. The molecular weight excluding hydrogens is 168 g/mol. The summed E-state index contributed by atoms with van der Waals surface area (Å²) in [4.78, 5) is 0. The lowest BCUT2D eigenvalue weighted by molar-refractivity contribution is 0.516. The molecule has 2 N–H and O–H groups in total. The zero-order valence-corrected chi connectivity index (χ0v) is 10.6. The molecule has 0 fully saturated rings. The quantitative estimate of drug-likeness (QED) is 0.684. The molecule has 0 amide bonds. The van der Waals surface area contributed by atoms with Crippen molar-refractivity contribution >= 4 is 17.4 Å². The standard InChI is InChI=1S/C7H21N2Si2/c1-7(2)9(10(3)4)11(5,6)8/h7H,8H2,1-6H3. The van der Waals surface area contributed by atoms with Gasteiger partial charge in [-0.25, -0.2) is 0 Å². The first kappa shape index (κ1) is 11.4. The second-order valence-electron chi connectivity index (χ2n) is 4.06. The predicted molar refractivity (Wildman–Crippen MR) is 56.1 cm³/mol. The van der Waals surface area contributed by atoms with E-state index in [9.17, 15) is 0 Å². The topological polar surface area (TPSA) is 29.3 Å². The molecule has 0 heterocycles. The fourth-order valence-corrected chi connectivity index (χ4v) is 8.73. The molecule has 67 valence electrons.